The van der Waals surface area contributed by atoms with Gasteiger partial charge in [0.05, 0.1) is 18.1 Å². The third-order valence-electron chi connectivity index (χ3n) is 11.6. The lowest BCUT2D eigenvalue weighted by Gasteiger charge is -2.36. The van der Waals surface area contributed by atoms with Crippen molar-refractivity contribution in [3.63, 3.8) is 0 Å². The fraction of sp³-hybridized carbons (Fsp3) is 0.689. The number of unbranched alkanes of at least 4 members (excludes halogenated alkanes) is 1. The molecule has 0 bridgehead atoms. The van der Waals surface area contributed by atoms with E-state index in [0.717, 1.165) is 60.3 Å². The Balaban J connectivity index is 2.16. The number of nitrogens with zero attached hydrogens (tertiary/aromatic N) is 3. The van der Waals surface area contributed by atoms with E-state index in [2.05, 4.69) is 26.3 Å². The molecular formula is C45H77N11O7. The van der Waals surface area contributed by atoms with Gasteiger partial charge in [-0.25, -0.2) is 0 Å². The van der Waals surface area contributed by atoms with Gasteiger partial charge in [-0.2, -0.15) is 0 Å². The van der Waals surface area contributed by atoms with Crippen LogP contribution >= 0.6 is 0 Å². The summed E-state index contributed by atoms with van der Waals surface area (Å²) in [7, 11) is 1.39. The second-order valence-electron chi connectivity index (χ2n) is 17.3. The molecule has 63 heavy (non-hydrogen) atoms. The first-order chi connectivity index (χ1) is 29.9. The number of nitrogens with two attached hydrogens (primary N) is 4. The molecule has 2 rings (SSSR count). The van der Waals surface area contributed by atoms with Gasteiger partial charge in [-0.1, -0.05) is 82.7 Å². The van der Waals surface area contributed by atoms with Gasteiger partial charge in [0.2, 0.25) is 29.5 Å². The highest BCUT2D eigenvalue weighted by molar-refractivity contribution is 6.03. The summed E-state index contributed by atoms with van der Waals surface area (Å²) in [5.74, 6) is -3.75. The molecule has 6 amide bonds. The SMILES string of the molecule is CC(C)C[C@H](NC(=O)[C@H](C)NC(=O)[C@H](C)NC(=O)[C@H](CCCCN)NCCc1ccccc1)C(=O)N(C)[C@@H](C)C(=O)N(C(=O)[C@@H](N)CC1CCCCC1)[C@H](C=O)CCCN=C(N)N. The number of hydrogen-bond acceptors (Lipinski definition) is 11. The zero-order chi connectivity index (χ0) is 47.1. The molecule has 18 heteroatoms. The van der Waals surface area contributed by atoms with Crippen LogP contribution in [0.4, 0.5) is 0 Å². The van der Waals surface area contributed by atoms with Crippen molar-refractivity contribution in [3.05, 3.63) is 35.9 Å². The van der Waals surface area contributed by atoms with Gasteiger partial charge < -0.3 is 53.9 Å². The summed E-state index contributed by atoms with van der Waals surface area (Å²) in [5, 5.41) is 11.4. The largest absolute Gasteiger partial charge is 0.370 e. The van der Waals surface area contributed by atoms with E-state index in [4.69, 9.17) is 22.9 Å². The highest BCUT2D eigenvalue weighted by Crippen LogP contribution is 2.28. The molecular weight excluding hydrogens is 807 g/mol. The van der Waals surface area contributed by atoms with Crippen molar-refractivity contribution in [1.29, 1.82) is 0 Å². The third-order valence-corrected chi connectivity index (χ3v) is 11.6. The van der Waals surface area contributed by atoms with E-state index >= 15 is 0 Å². The molecule has 0 saturated heterocycles. The van der Waals surface area contributed by atoms with Gasteiger partial charge >= 0.3 is 0 Å². The van der Waals surface area contributed by atoms with Crippen molar-refractivity contribution in [2.45, 2.75) is 160 Å². The standard InChI is InChI=1S/C45H77N11O7/c1-29(2)26-38(54-40(59)31(4)52-39(58)30(3)53-41(60)37(21-13-14-23-46)50-25-22-33-16-9-7-10-17-33)44(63)55(6)32(5)42(61)56(35(28-57)20-15-24-51-45(48)49)43(62)36(47)27-34-18-11-8-12-19-34/h7,9-10,16-17,28-32,34-38,50H,8,11-15,18-27,46-47H2,1-6H3,(H,52,58)(H,53,60)(H,54,59)(H4,48,49,51)/t30-,31-,32-,35-,36-,37-,38-/m0/s1. The van der Waals surface area contributed by atoms with Gasteiger partial charge in [-0.15, -0.1) is 0 Å². The van der Waals surface area contributed by atoms with Gasteiger partial charge in [-0.3, -0.25) is 38.7 Å². The number of imide groups is 1. The van der Waals surface area contributed by atoms with Crippen LogP contribution in [0.15, 0.2) is 35.3 Å². The number of guanidine groups is 1. The van der Waals surface area contributed by atoms with E-state index < -0.39 is 71.8 Å². The summed E-state index contributed by atoms with van der Waals surface area (Å²) in [5.41, 5.74) is 24.2. The highest BCUT2D eigenvalue weighted by atomic mass is 16.2. The number of aliphatic imine (C=N–C) groups is 1. The van der Waals surface area contributed by atoms with Crippen LogP contribution in [0.5, 0.6) is 0 Å². The fourth-order valence-electron chi connectivity index (χ4n) is 7.69. The Morgan fingerprint density at radius 1 is 0.794 bits per heavy atom. The first-order valence-corrected chi connectivity index (χ1v) is 22.7. The molecule has 1 aliphatic rings. The summed E-state index contributed by atoms with van der Waals surface area (Å²) in [6.45, 7) is 9.36. The molecule has 0 spiro atoms. The topological polar surface area (TPSA) is 291 Å². The van der Waals surface area contributed by atoms with Crippen LogP contribution in [0.1, 0.15) is 117 Å². The second kappa shape index (κ2) is 28.7. The monoisotopic (exact) mass is 884 g/mol. The van der Waals surface area contributed by atoms with Gasteiger partial charge in [-0.05, 0) is 96.2 Å². The van der Waals surface area contributed by atoms with Gasteiger partial charge in [0.15, 0.2) is 5.96 Å². The van der Waals surface area contributed by atoms with Crippen molar-refractivity contribution in [2.75, 3.05) is 26.7 Å². The maximum absolute atomic E-state index is 14.3. The molecule has 0 unspecified atom stereocenters. The lowest BCUT2D eigenvalue weighted by molar-refractivity contribution is -0.156. The van der Waals surface area contributed by atoms with Gasteiger partial charge in [0.1, 0.15) is 30.5 Å². The summed E-state index contributed by atoms with van der Waals surface area (Å²) >= 11 is 0. The number of rotatable bonds is 28. The van der Waals surface area contributed by atoms with E-state index in [1.54, 1.807) is 0 Å². The Hall–Kier alpha value is -4.94. The molecule has 0 heterocycles. The fourth-order valence-corrected chi connectivity index (χ4v) is 7.69. The number of carbonyl (C=O) groups excluding carboxylic acids is 7. The van der Waals surface area contributed by atoms with Crippen molar-refractivity contribution in [2.24, 2.45) is 39.8 Å². The Bertz CT molecular complexity index is 1640. The minimum absolute atomic E-state index is 0.0667. The Morgan fingerprint density at radius 3 is 2.00 bits per heavy atom. The molecule has 1 aliphatic carbocycles. The minimum Gasteiger partial charge on any atom is -0.370 e. The quantitative estimate of drug-likeness (QED) is 0.0253. The zero-order valence-corrected chi connectivity index (χ0v) is 38.5. The lowest BCUT2D eigenvalue weighted by atomic mass is 9.84. The predicted molar refractivity (Wildman–Crippen MR) is 244 cm³/mol. The average molecular weight is 884 g/mol. The number of amides is 6. The molecule has 0 radical (unpaired) electrons. The van der Waals surface area contributed by atoms with Crippen molar-refractivity contribution in [1.82, 2.24) is 31.1 Å². The van der Waals surface area contributed by atoms with E-state index in [1.165, 1.54) is 27.8 Å². The van der Waals surface area contributed by atoms with E-state index in [0.29, 0.717) is 38.6 Å². The normalized spacial score (nSPS) is 16.3. The molecule has 1 aromatic rings. The molecule has 1 aromatic carbocycles. The summed E-state index contributed by atoms with van der Waals surface area (Å²) in [6.07, 6.45) is 9.11. The second-order valence-corrected chi connectivity index (χ2v) is 17.3. The molecule has 1 saturated carbocycles. The maximum atomic E-state index is 14.3. The van der Waals surface area contributed by atoms with Crippen molar-refractivity contribution < 1.29 is 33.6 Å². The smallest absolute Gasteiger partial charge is 0.252 e. The predicted octanol–water partition coefficient (Wildman–Crippen LogP) is 0.978. The first kappa shape index (κ1) is 54.2. The lowest BCUT2D eigenvalue weighted by Crippen LogP contribution is -2.60. The molecule has 0 aliphatic heterocycles. The van der Waals surface area contributed by atoms with Crippen LogP contribution < -0.4 is 44.2 Å². The molecule has 354 valence electrons. The van der Waals surface area contributed by atoms with E-state index in [1.807, 2.05) is 44.2 Å². The molecule has 18 nitrogen and oxygen atoms in total. The van der Waals surface area contributed by atoms with Gasteiger partial charge in [0, 0.05) is 13.6 Å². The minimum atomic E-state index is -1.25. The van der Waals surface area contributed by atoms with Crippen LogP contribution in [0, 0.1) is 11.8 Å². The van der Waals surface area contributed by atoms with Crippen LogP contribution in [0.2, 0.25) is 0 Å². The molecule has 12 N–H and O–H groups in total. The number of benzene rings is 1. The first-order valence-electron chi connectivity index (χ1n) is 22.7. The molecule has 7 atom stereocenters. The maximum Gasteiger partial charge on any atom is 0.252 e. The van der Waals surface area contributed by atoms with E-state index in [9.17, 15) is 33.6 Å². The van der Waals surface area contributed by atoms with Crippen LogP contribution in [0.25, 0.3) is 0 Å². The number of nitrogens with one attached hydrogen (secondary N) is 4. The molecule has 0 aromatic heterocycles. The average Bonchev–Trinajstić information content (AvgIpc) is 3.25. The van der Waals surface area contributed by atoms with Gasteiger partial charge in [0.25, 0.3) is 5.91 Å². The Labute approximate surface area is 374 Å². The van der Waals surface area contributed by atoms with E-state index in [-0.39, 0.29) is 49.5 Å². The summed E-state index contributed by atoms with van der Waals surface area (Å²) in [6, 6.07) is 2.60. The van der Waals surface area contributed by atoms with Crippen LogP contribution in [-0.4, -0.2) is 126 Å². The number of aldehydes is 1. The Morgan fingerprint density at radius 2 is 1.41 bits per heavy atom. The number of carbonyl (C=O) groups is 7. The highest BCUT2D eigenvalue weighted by Gasteiger charge is 2.39. The molecule has 1 fully saturated rings. The van der Waals surface area contributed by atoms with Crippen molar-refractivity contribution >= 4 is 47.7 Å². The third kappa shape index (κ3) is 19.1. The zero-order valence-electron chi connectivity index (χ0n) is 38.5. The van der Waals surface area contributed by atoms with Crippen LogP contribution in [-0.2, 0) is 40.0 Å². The number of likely N-dealkylation sites (N-methyl/N-ethyl adjacent to an activating group) is 1. The summed E-state index contributed by atoms with van der Waals surface area (Å²) < 4.78 is 0. The van der Waals surface area contributed by atoms with Crippen LogP contribution in [0.3, 0.4) is 0 Å². The Kier molecular flexibility index (Phi) is 24.7. The number of hydrogen-bond donors (Lipinski definition) is 8. The summed E-state index contributed by atoms with van der Waals surface area (Å²) in [4.78, 5) is 101. The van der Waals surface area contributed by atoms with Crippen molar-refractivity contribution in [3.8, 4) is 0 Å².